The summed E-state index contributed by atoms with van der Waals surface area (Å²) in [6, 6.07) is 0. The molecule has 2 atom stereocenters. The third kappa shape index (κ3) is 1.45. The summed E-state index contributed by atoms with van der Waals surface area (Å²) in [5.41, 5.74) is -0.0165. The van der Waals surface area contributed by atoms with Gasteiger partial charge in [-0.3, -0.25) is 4.79 Å². The molecule has 1 aliphatic carbocycles. The van der Waals surface area contributed by atoms with Gasteiger partial charge in [0.05, 0.1) is 0 Å². The average Bonchev–Trinajstić information content (AvgIpc) is 2.26. The van der Waals surface area contributed by atoms with E-state index in [9.17, 15) is 4.79 Å². The van der Waals surface area contributed by atoms with E-state index in [1.165, 1.54) is 25.7 Å². The van der Waals surface area contributed by atoms with Crippen molar-refractivity contribution in [3.05, 3.63) is 0 Å². The molecular weight excluding hydrogens is 174 g/mol. The summed E-state index contributed by atoms with van der Waals surface area (Å²) >= 11 is 0. The lowest BCUT2D eigenvalue weighted by Crippen LogP contribution is -2.52. The molecule has 2 aliphatic rings. The summed E-state index contributed by atoms with van der Waals surface area (Å²) < 4.78 is 0. The largest absolute Gasteiger partial charge is 0.342 e. The van der Waals surface area contributed by atoms with Crippen molar-refractivity contribution in [2.45, 2.75) is 46.0 Å². The standard InChI is InChI=1S/C12H21NO/c1-10-6-7-12(10,2)11(14)13-8-4-3-5-9-13/h10H,3-9H2,1-2H3. The van der Waals surface area contributed by atoms with Gasteiger partial charge in [0.2, 0.25) is 5.91 Å². The molecule has 2 unspecified atom stereocenters. The Balaban J connectivity index is 1.99. The molecule has 2 nitrogen and oxygen atoms in total. The molecule has 2 rings (SSSR count). The number of carbonyl (C=O) groups is 1. The third-order valence-corrected chi connectivity index (χ3v) is 4.32. The van der Waals surface area contributed by atoms with Crippen LogP contribution < -0.4 is 0 Å². The van der Waals surface area contributed by atoms with E-state index in [1.54, 1.807) is 0 Å². The lowest BCUT2D eigenvalue weighted by molar-refractivity contribution is -0.152. The molecule has 1 saturated heterocycles. The highest BCUT2D eigenvalue weighted by Crippen LogP contribution is 2.47. The van der Waals surface area contributed by atoms with E-state index in [-0.39, 0.29) is 5.41 Å². The molecule has 0 bridgehead atoms. The average molecular weight is 195 g/mol. The smallest absolute Gasteiger partial charge is 0.228 e. The van der Waals surface area contributed by atoms with Crippen LogP contribution in [0.15, 0.2) is 0 Å². The first-order valence-corrected chi connectivity index (χ1v) is 5.94. The van der Waals surface area contributed by atoms with Crippen LogP contribution in [-0.4, -0.2) is 23.9 Å². The zero-order valence-corrected chi connectivity index (χ0v) is 9.38. The molecule has 1 amide bonds. The summed E-state index contributed by atoms with van der Waals surface area (Å²) in [5, 5.41) is 0. The maximum atomic E-state index is 12.2. The first-order valence-electron chi connectivity index (χ1n) is 5.94. The summed E-state index contributed by atoms with van der Waals surface area (Å²) in [5.74, 6) is 1.02. The Bertz CT molecular complexity index is 232. The number of hydrogen-bond acceptors (Lipinski definition) is 1. The highest BCUT2D eigenvalue weighted by atomic mass is 16.2. The van der Waals surface area contributed by atoms with Gasteiger partial charge in [-0.15, -0.1) is 0 Å². The normalized spacial score (nSPS) is 37.9. The first-order chi connectivity index (χ1) is 6.64. The molecule has 0 radical (unpaired) electrons. The zero-order valence-electron chi connectivity index (χ0n) is 9.38. The zero-order chi connectivity index (χ0) is 10.2. The van der Waals surface area contributed by atoms with Gasteiger partial charge < -0.3 is 4.90 Å². The molecule has 0 spiro atoms. The minimum atomic E-state index is -0.0165. The molecule has 1 saturated carbocycles. The Hall–Kier alpha value is -0.530. The van der Waals surface area contributed by atoms with Crippen molar-refractivity contribution in [3.63, 3.8) is 0 Å². The fourth-order valence-corrected chi connectivity index (χ4v) is 2.64. The second kappa shape index (κ2) is 3.56. The molecule has 0 aromatic heterocycles. The number of piperidine rings is 1. The third-order valence-electron chi connectivity index (χ3n) is 4.32. The fraction of sp³-hybridized carbons (Fsp3) is 0.917. The Morgan fingerprint density at radius 3 is 2.36 bits per heavy atom. The molecule has 14 heavy (non-hydrogen) atoms. The van der Waals surface area contributed by atoms with Crippen molar-refractivity contribution < 1.29 is 4.79 Å². The SMILES string of the molecule is CC1CCC1(C)C(=O)N1CCCCC1. The van der Waals surface area contributed by atoms with Crippen LogP contribution in [0.1, 0.15) is 46.0 Å². The van der Waals surface area contributed by atoms with Crippen LogP contribution in [0.3, 0.4) is 0 Å². The number of hydrogen-bond donors (Lipinski definition) is 0. The van der Waals surface area contributed by atoms with Crippen molar-refractivity contribution >= 4 is 5.91 Å². The summed E-state index contributed by atoms with van der Waals surface area (Å²) in [6.45, 7) is 6.37. The van der Waals surface area contributed by atoms with Crippen molar-refractivity contribution in [1.82, 2.24) is 4.90 Å². The molecule has 2 fully saturated rings. The molecule has 80 valence electrons. The second-order valence-electron chi connectivity index (χ2n) is 5.21. The molecule has 0 aromatic rings. The Labute approximate surface area is 86.7 Å². The Morgan fingerprint density at radius 2 is 1.93 bits per heavy atom. The highest BCUT2D eigenvalue weighted by molar-refractivity contribution is 5.83. The van der Waals surface area contributed by atoms with E-state index >= 15 is 0 Å². The fourth-order valence-electron chi connectivity index (χ4n) is 2.64. The Morgan fingerprint density at radius 1 is 1.29 bits per heavy atom. The lowest BCUT2D eigenvalue weighted by atomic mass is 9.61. The van der Waals surface area contributed by atoms with E-state index in [2.05, 4.69) is 18.7 Å². The monoisotopic (exact) mass is 195 g/mol. The van der Waals surface area contributed by atoms with Crippen molar-refractivity contribution in [2.75, 3.05) is 13.1 Å². The topological polar surface area (TPSA) is 20.3 Å². The van der Waals surface area contributed by atoms with Crippen LogP contribution in [0.4, 0.5) is 0 Å². The van der Waals surface area contributed by atoms with Crippen molar-refractivity contribution in [3.8, 4) is 0 Å². The van der Waals surface area contributed by atoms with Crippen LogP contribution in [0, 0.1) is 11.3 Å². The second-order valence-corrected chi connectivity index (χ2v) is 5.21. The van der Waals surface area contributed by atoms with Gasteiger partial charge in [0, 0.05) is 18.5 Å². The lowest BCUT2D eigenvalue weighted by Gasteiger charge is -2.47. The molecular formula is C12H21NO. The van der Waals surface area contributed by atoms with Gasteiger partial charge in [0.15, 0.2) is 0 Å². The van der Waals surface area contributed by atoms with Gasteiger partial charge in [-0.1, -0.05) is 13.8 Å². The van der Waals surface area contributed by atoms with Gasteiger partial charge in [-0.25, -0.2) is 0 Å². The van der Waals surface area contributed by atoms with Gasteiger partial charge in [-0.2, -0.15) is 0 Å². The van der Waals surface area contributed by atoms with E-state index in [0.29, 0.717) is 11.8 Å². The number of rotatable bonds is 1. The minimum Gasteiger partial charge on any atom is -0.342 e. The minimum absolute atomic E-state index is 0.0165. The quantitative estimate of drug-likeness (QED) is 0.629. The molecule has 0 aromatic carbocycles. The number of nitrogens with zero attached hydrogens (tertiary/aromatic N) is 1. The first kappa shape index (κ1) is 10.0. The van der Waals surface area contributed by atoms with Crippen LogP contribution in [-0.2, 0) is 4.79 Å². The van der Waals surface area contributed by atoms with Crippen LogP contribution in [0.5, 0.6) is 0 Å². The number of amides is 1. The number of carbonyl (C=O) groups excluding carboxylic acids is 1. The van der Waals surface area contributed by atoms with Crippen molar-refractivity contribution in [2.24, 2.45) is 11.3 Å². The predicted octanol–water partition coefficient (Wildman–Crippen LogP) is 2.44. The van der Waals surface area contributed by atoms with E-state index in [0.717, 1.165) is 19.5 Å². The van der Waals surface area contributed by atoms with Crippen LogP contribution in [0.25, 0.3) is 0 Å². The van der Waals surface area contributed by atoms with Gasteiger partial charge >= 0.3 is 0 Å². The molecule has 1 heterocycles. The van der Waals surface area contributed by atoms with Gasteiger partial charge in [0.1, 0.15) is 0 Å². The van der Waals surface area contributed by atoms with E-state index in [4.69, 9.17) is 0 Å². The van der Waals surface area contributed by atoms with Crippen LogP contribution in [0.2, 0.25) is 0 Å². The summed E-state index contributed by atoms with van der Waals surface area (Å²) in [4.78, 5) is 14.3. The molecule has 1 aliphatic heterocycles. The predicted molar refractivity (Wildman–Crippen MR) is 56.9 cm³/mol. The summed E-state index contributed by atoms with van der Waals surface area (Å²) in [7, 11) is 0. The summed E-state index contributed by atoms with van der Waals surface area (Å²) in [6.07, 6.45) is 6.04. The maximum Gasteiger partial charge on any atom is 0.228 e. The highest BCUT2D eigenvalue weighted by Gasteiger charge is 2.47. The number of likely N-dealkylation sites (tertiary alicyclic amines) is 1. The molecule has 2 heteroatoms. The van der Waals surface area contributed by atoms with Crippen molar-refractivity contribution in [1.29, 1.82) is 0 Å². The maximum absolute atomic E-state index is 12.2. The Kier molecular flexibility index (Phi) is 2.54. The molecule has 0 N–H and O–H groups in total. The van der Waals surface area contributed by atoms with Crippen LogP contribution >= 0.6 is 0 Å². The van der Waals surface area contributed by atoms with Gasteiger partial charge in [0.25, 0.3) is 0 Å². The van der Waals surface area contributed by atoms with E-state index < -0.39 is 0 Å². The van der Waals surface area contributed by atoms with E-state index in [1.807, 2.05) is 0 Å². The van der Waals surface area contributed by atoms with Gasteiger partial charge in [-0.05, 0) is 38.0 Å².